The van der Waals surface area contributed by atoms with Gasteiger partial charge in [-0.15, -0.1) is 0 Å². The van der Waals surface area contributed by atoms with E-state index in [0.29, 0.717) is 18.3 Å². The predicted octanol–water partition coefficient (Wildman–Crippen LogP) is 2.16. The van der Waals surface area contributed by atoms with Gasteiger partial charge < -0.3 is 0 Å². The molecule has 0 unspecified atom stereocenters. The molecule has 1 aliphatic rings. The highest BCUT2D eigenvalue weighted by molar-refractivity contribution is 8.13. The highest BCUT2D eigenvalue weighted by Crippen LogP contribution is 2.23. The van der Waals surface area contributed by atoms with Gasteiger partial charge in [-0.3, -0.25) is 24.8 Å². The Balaban J connectivity index is 2.30. The molecule has 2 rings (SSSR count). The number of benzene rings is 1. The van der Waals surface area contributed by atoms with Crippen LogP contribution >= 0.6 is 11.8 Å². The van der Waals surface area contributed by atoms with Crippen molar-refractivity contribution in [1.29, 1.82) is 0 Å². The zero-order valence-electron chi connectivity index (χ0n) is 10.4. The molecule has 0 radical (unpaired) electrons. The third kappa shape index (κ3) is 2.76. The molecule has 0 spiro atoms. The van der Waals surface area contributed by atoms with Gasteiger partial charge >= 0.3 is 0 Å². The summed E-state index contributed by atoms with van der Waals surface area (Å²) in [6.45, 7) is 3.00. The molecule has 100 valence electrons. The van der Waals surface area contributed by atoms with Crippen LogP contribution in [0.1, 0.15) is 17.3 Å². The lowest BCUT2D eigenvalue weighted by Crippen LogP contribution is -2.33. The number of para-hydroxylation sites is 1. The Morgan fingerprint density at radius 3 is 2.95 bits per heavy atom. The molecule has 0 aliphatic carbocycles. The van der Waals surface area contributed by atoms with E-state index in [4.69, 9.17) is 0 Å². The Kier molecular flexibility index (Phi) is 4.16. The Bertz CT molecular complexity index is 545. The largest absolute Gasteiger partial charge is 0.285 e. The topological polar surface area (TPSA) is 75.8 Å². The molecule has 19 heavy (non-hydrogen) atoms. The third-order valence-electron chi connectivity index (χ3n) is 2.65. The van der Waals surface area contributed by atoms with E-state index in [-0.39, 0.29) is 17.2 Å². The number of hydrogen-bond acceptors (Lipinski definition) is 5. The molecule has 1 aliphatic heterocycles. The van der Waals surface area contributed by atoms with Gasteiger partial charge in [-0.05, 0) is 11.8 Å². The predicted molar refractivity (Wildman–Crippen MR) is 74.6 cm³/mol. The molecular formula is C12H13N3O3S. The minimum atomic E-state index is -0.535. The lowest BCUT2D eigenvalue weighted by atomic mass is 10.1. The summed E-state index contributed by atoms with van der Waals surface area (Å²) in [6, 6.07) is 5.99. The van der Waals surface area contributed by atoms with Crippen LogP contribution in [0.3, 0.4) is 0 Å². The fourth-order valence-corrected chi connectivity index (χ4v) is 2.60. The number of aliphatic imine (C=N–C) groups is 1. The van der Waals surface area contributed by atoms with Crippen LogP contribution in [-0.2, 0) is 0 Å². The van der Waals surface area contributed by atoms with E-state index in [1.807, 2.05) is 6.92 Å². The number of amides is 1. The maximum Gasteiger partial charge on any atom is 0.282 e. The molecule has 1 aromatic carbocycles. The summed E-state index contributed by atoms with van der Waals surface area (Å²) >= 11 is 1.47. The van der Waals surface area contributed by atoms with Crippen molar-refractivity contribution in [3.63, 3.8) is 0 Å². The van der Waals surface area contributed by atoms with Gasteiger partial charge in [0.2, 0.25) is 0 Å². The SMILES string of the molecule is CCSC1=NCCN1C(=O)c1ccccc1[N+](=O)[O-]. The first-order valence-electron chi connectivity index (χ1n) is 5.87. The van der Waals surface area contributed by atoms with E-state index in [1.165, 1.54) is 28.8 Å². The van der Waals surface area contributed by atoms with Crippen molar-refractivity contribution in [3.8, 4) is 0 Å². The van der Waals surface area contributed by atoms with E-state index in [0.717, 1.165) is 5.75 Å². The molecule has 0 aromatic heterocycles. The molecule has 0 N–H and O–H groups in total. The first kappa shape index (κ1) is 13.5. The highest BCUT2D eigenvalue weighted by Gasteiger charge is 2.29. The first-order valence-corrected chi connectivity index (χ1v) is 6.86. The van der Waals surface area contributed by atoms with E-state index in [2.05, 4.69) is 4.99 Å². The molecule has 0 fully saturated rings. The van der Waals surface area contributed by atoms with Gasteiger partial charge in [-0.25, -0.2) is 0 Å². The summed E-state index contributed by atoms with van der Waals surface area (Å²) < 4.78 is 0. The summed E-state index contributed by atoms with van der Waals surface area (Å²) in [5, 5.41) is 11.6. The number of amidine groups is 1. The minimum Gasteiger partial charge on any atom is -0.285 e. The van der Waals surface area contributed by atoms with E-state index >= 15 is 0 Å². The molecular weight excluding hydrogens is 266 g/mol. The standard InChI is InChI=1S/C12H13N3O3S/c1-2-19-12-13-7-8-14(12)11(16)9-5-3-4-6-10(9)15(17)18/h3-6H,2,7-8H2,1H3. The Hall–Kier alpha value is -1.89. The van der Waals surface area contributed by atoms with Gasteiger partial charge in [0.25, 0.3) is 11.6 Å². The fraction of sp³-hybridized carbons (Fsp3) is 0.333. The van der Waals surface area contributed by atoms with Crippen molar-refractivity contribution >= 4 is 28.5 Å². The van der Waals surface area contributed by atoms with Crippen LogP contribution in [0.5, 0.6) is 0 Å². The number of carbonyl (C=O) groups is 1. The molecule has 1 amide bonds. The van der Waals surface area contributed by atoms with Crippen molar-refractivity contribution in [2.24, 2.45) is 4.99 Å². The van der Waals surface area contributed by atoms with Crippen LogP contribution in [0.2, 0.25) is 0 Å². The number of hydrogen-bond donors (Lipinski definition) is 0. The molecule has 7 heteroatoms. The normalized spacial score (nSPS) is 14.4. The van der Waals surface area contributed by atoms with Crippen LogP contribution in [0.4, 0.5) is 5.69 Å². The quantitative estimate of drug-likeness (QED) is 0.627. The number of rotatable bonds is 3. The van der Waals surface area contributed by atoms with E-state index < -0.39 is 4.92 Å². The minimum absolute atomic E-state index is 0.110. The zero-order valence-corrected chi connectivity index (χ0v) is 11.2. The monoisotopic (exact) mass is 279 g/mol. The van der Waals surface area contributed by atoms with Crippen molar-refractivity contribution in [3.05, 3.63) is 39.9 Å². The summed E-state index contributed by atoms with van der Waals surface area (Å²) in [6.07, 6.45) is 0. The Morgan fingerprint density at radius 2 is 2.26 bits per heavy atom. The Morgan fingerprint density at radius 1 is 1.53 bits per heavy atom. The highest BCUT2D eigenvalue weighted by atomic mass is 32.2. The average molecular weight is 279 g/mol. The van der Waals surface area contributed by atoms with Gasteiger partial charge in [-0.1, -0.05) is 30.8 Å². The second-order valence-electron chi connectivity index (χ2n) is 3.83. The lowest BCUT2D eigenvalue weighted by molar-refractivity contribution is -0.385. The fourth-order valence-electron chi connectivity index (χ4n) is 1.83. The number of nitro benzene ring substituents is 1. The lowest BCUT2D eigenvalue weighted by Gasteiger charge is -2.17. The third-order valence-corrected chi connectivity index (χ3v) is 3.55. The van der Waals surface area contributed by atoms with Gasteiger partial charge in [0.1, 0.15) is 5.56 Å². The van der Waals surface area contributed by atoms with Crippen molar-refractivity contribution in [1.82, 2.24) is 4.90 Å². The first-order chi connectivity index (χ1) is 9.15. The van der Waals surface area contributed by atoms with Crippen LogP contribution in [0.25, 0.3) is 0 Å². The summed E-state index contributed by atoms with van der Waals surface area (Å²) in [5.74, 6) is 0.448. The zero-order chi connectivity index (χ0) is 13.8. The molecule has 0 saturated carbocycles. The molecule has 1 heterocycles. The summed E-state index contributed by atoms with van der Waals surface area (Å²) in [7, 11) is 0. The van der Waals surface area contributed by atoms with Crippen molar-refractivity contribution in [2.45, 2.75) is 6.92 Å². The average Bonchev–Trinajstić information content (AvgIpc) is 2.86. The maximum absolute atomic E-state index is 12.4. The number of nitrogens with zero attached hydrogens (tertiary/aromatic N) is 3. The van der Waals surface area contributed by atoms with Crippen LogP contribution < -0.4 is 0 Å². The molecule has 0 atom stereocenters. The molecule has 1 aromatic rings. The molecule has 6 nitrogen and oxygen atoms in total. The van der Waals surface area contributed by atoms with Crippen LogP contribution in [0, 0.1) is 10.1 Å². The molecule has 0 saturated heterocycles. The number of carbonyl (C=O) groups excluding carboxylic acids is 1. The number of nitro groups is 1. The summed E-state index contributed by atoms with van der Waals surface area (Å²) in [4.78, 5) is 28.6. The van der Waals surface area contributed by atoms with Gasteiger partial charge in [-0.2, -0.15) is 0 Å². The van der Waals surface area contributed by atoms with E-state index in [1.54, 1.807) is 12.1 Å². The van der Waals surface area contributed by atoms with E-state index in [9.17, 15) is 14.9 Å². The van der Waals surface area contributed by atoms with Crippen molar-refractivity contribution in [2.75, 3.05) is 18.8 Å². The summed E-state index contributed by atoms with van der Waals surface area (Å²) in [5.41, 5.74) is -0.0564. The number of thioether (sulfide) groups is 1. The van der Waals surface area contributed by atoms with Gasteiger partial charge in [0.05, 0.1) is 11.5 Å². The van der Waals surface area contributed by atoms with Crippen molar-refractivity contribution < 1.29 is 9.72 Å². The Labute approximate surface area is 114 Å². The van der Waals surface area contributed by atoms with Gasteiger partial charge in [0, 0.05) is 12.6 Å². The second-order valence-corrected chi connectivity index (χ2v) is 5.06. The maximum atomic E-state index is 12.4. The molecule has 0 bridgehead atoms. The second kappa shape index (κ2) is 5.83. The van der Waals surface area contributed by atoms with Gasteiger partial charge in [0.15, 0.2) is 5.17 Å². The van der Waals surface area contributed by atoms with Crippen LogP contribution in [0.15, 0.2) is 29.3 Å². The smallest absolute Gasteiger partial charge is 0.282 e. The van der Waals surface area contributed by atoms with Crippen LogP contribution in [-0.4, -0.2) is 39.7 Å².